The molecule has 0 N–H and O–H groups in total. The van der Waals surface area contributed by atoms with Crippen molar-refractivity contribution in [1.82, 2.24) is 0 Å². The van der Waals surface area contributed by atoms with Gasteiger partial charge in [-0.2, -0.15) is 0 Å². The predicted octanol–water partition coefficient (Wildman–Crippen LogP) is 0.977. The monoisotopic (exact) mass is 261 g/mol. The van der Waals surface area contributed by atoms with Crippen LogP contribution in [0, 0.1) is 12.3 Å². The molecule has 4 nitrogen and oxygen atoms in total. The van der Waals surface area contributed by atoms with Gasteiger partial charge in [0.05, 0.1) is 27.9 Å². The summed E-state index contributed by atoms with van der Waals surface area (Å²) < 4.78 is 11.9. The number of ketones is 1. The molecule has 18 heavy (non-hydrogen) atoms. The number of rotatable bonds is 2. The van der Waals surface area contributed by atoms with Crippen molar-refractivity contribution in [2.75, 3.05) is 17.2 Å². The summed E-state index contributed by atoms with van der Waals surface area (Å²) in [7, 11) is -1.41. The van der Waals surface area contributed by atoms with Crippen molar-refractivity contribution in [1.29, 1.82) is 0 Å². The highest BCUT2D eigenvalue weighted by Gasteiger charge is 2.28. The molecule has 1 aliphatic rings. The third kappa shape index (κ3) is 2.07. The molecule has 1 unspecified atom stereocenters. The van der Waals surface area contributed by atoms with Crippen LogP contribution < -0.4 is 4.90 Å². The Kier molecular flexibility index (Phi) is 3.30. The van der Waals surface area contributed by atoms with Gasteiger partial charge in [-0.05, 0) is 25.1 Å². The Morgan fingerprint density at radius 2 is 2.28 bits per heavy atom. The van der Waals surface area contributed by atoms with E-state index in [0.29, 0.717) is 16.1 Å². The number of terminal acetylenes is 1. The Bertz CT molecular complexity index is 601. The van der Waals surface area contributed by atoms with Gasteiger partial charge in [-0.25, -0.2) is 0 Å². The van der Waals surface area contributed by atoms with E-state index in [1.807, 2.05) is 0 Å². The first-order valence-corrected chi connectivity index (χ1v) is 6.63. The van der Waals surface area contributed by atoms with Gasteiger partial charge in [0, 0.05) is 5.56 Å². The standard InChI is InChI=1S/C13H11NO3S/c1-3-6-14-11-5-4-10(9(2)15)7-12(11)18(17)8-13(14)16/h1,4-5,7H,6,8H2,2H3. The van der Waals surface area contributed by atoms with Crippen LogP contribution >= 0.6 is 0 Å². The zero-order valence-corrected chi connectivity index (χ0v) is 10.6. The molecule has 92 valence electrons. The molecule has 0 saturated heterocycles. The van der Waals surface area contributed by atoms with Crippen molar-refractivity contribution >= 4 is 28.2 Å². The Morgan fingerprint density at radius 3 is 2.89 bits per heavy atom. The maximum Gasteiger partial charge on any atom is 0.240 e. The molecule has 0 spiro atoms. The van der Waals surface area contributed by atoms with Crippen molar-refractivity contribution in [2.24, 2.45) is 0 Å². The van der Waals surface area contributed by atoms with Gasteiger partial charge in [0.2, 0.25) is 5.91 Å². The SMILES string of the molecule is C#CCN1C(=O)CS(=O)c2cc(C(C)=O)ccc21. The first kappa shape index (κ1) is 12.5. The molecule has 2 rings (SSSR count). The van der Waals surface area contributed by atoms with Crippen LogP contribution in [0.2, 0.25) is 0 Å². The molecule has 0 aromatic heterocycles. The first-order valence-electron chi connectivity index (χ1n) is 5.31. The predicted molar refractivity (Wildman–Crippen MR) is 68.9 cm³/mol. The minimum absolute atomic E-state index is 0.0873. The minimum atomic E-state index is -1.41. The molecule has 0 fully saturated rings. The topological polar surface area (TPSA) is 54.5 Å². The van der Waals surface area contributed by atoms with Gasteiger partial charge in [0.1, 0.15) is 5.75 Å². The average molecular weight is 261 g/mol. The number of hydrogen-bond acceptors (Lipinski definition) is 3. The number of amides is 1. The second-order valence-electron chi connectivity index (χ2n) is 3.91. The fourth-order valence-electron chi connectivity index (χ4n) is 1.81. The van der Waals surface area contributed by atoms with E-state index in [0.717, 1.165) is 0 Å². The van der Waals surface area contributed by atoms with Gasteiger partial charge in [-0.15, -0.1) is 6.42 Å². The summed E-state index contributed by atoms with van der Waals surface area (Å²) >= 11 is 0. The molecule has 0 saturated carbocycles. The lowest BCUT2D eigenvalue weighted by molar-refractivity contribution is -0.116. The highest BCUT2D eigenvalue weighted by Crippen LogP contribution is 2.29. The fourth-order valence-corrected chi connectivity index (χ4v) is 3.01. The number of hydrogen-bond donors (Lipinski definition) is 0. The summed E-state index contributed by atoms with van der Waals surface area (Å²) in [5.41, 5.74) is 1.02. The van der Waals surface area contributed by atoms with Crippen LogP contribution in [0.1, 0.15) is 17.3 Å². The maximum absolute atomic E-state index is 11.9. The van der Waals surface area contributed by atoms with Crippen LogP contribution in [0.5, 0.6) is 0 Å². The van der Waals surface area contributed by atoms with Crippen molar-refractivity contribution < 1.29 is 13.8 Å². The number of Topliss-reactive ketones (excluding diaryl/α,β-unsaturated/α-hetero) is 1. The van der Waals surface area contributed by atoms with Crippen LogP contribution in [-0.4, -0.2) is 28.2 Å². The number of carbonyl (C=O) groups is 2. The lowest BCUT2D eigenvalue weighted by Crippen LogP contribution is -2.39. The lowest BCUT2D eigenvalue weighted by Gasteiger charge is -2.27. The summed E-state index contributed by atoms with van der Waals surface area (Å²) in [6.07, 6.45) is 5.22. The van der Waals surface area contributed by atoms with Gasteiger partial charge < -0.3 is 0 Å². The Balaban J connectivity index is 2.56. The first-order chi connectivity index (χ1) is 8.54. The molecule has 1 aliphatic heterocycles. The molecule has 0 aliphatic carbocycles. The molecular weight excluding hydrogens is 250 g/mol. The van der Waals surface area contributed by atoms with E-state index in [1.54, 1.807) is 18.2 Å². The number of nitrogens with zero attached hydrogens (tertiary/aromatic N) is 1. The van der Waals surface area contributed by atoms with Crippen LogP contribution in [0.4, 0.5) is 5.69 Å². The molecule has 1 atom stereocenters. The third-order valence-electron chi connectivity index (χ3n) is 2.71. The summed E-state index contributed by atoms with van der Waals surface area (Å²) in [6.45, 7) is 1.58. The number of anilines is 1. The van der Waals surface area contributed by atoms with Crippen molar-refractivity contribution in [2.45, 2.75) is 11.8 Å². The lowest BCUT2D eigenvalue weighted by atomic mass is 10.1. The average Bonchev–Trinajstić information content (AvgIpc) is 2.33. The molecule has 0 bridgehead atoms. The molecule has 1 aromatic rings. The van der Waals surface area contributed by atoms with E-state index in [9.17, 15) is 13.8 Å². The number of carbonyl (C=O) groups excluding carboxylic acids is 2. The molecular formula is C13H11NO3S. The Labute approximate surface area is 107 Å². The highest BCUT2D eigenvalue weighted by atomic mass is 32.2. The van der Waals surface area contributed by atoms with Crippen molar-refractivity contribution in [3.8, 4) is 12.3 Å². The molecule has 5 heteroatoms. The minimum Gasteiger partial charge on any atom is -0.299 e. The van der Waals surface area contributed by atoms with Crippen molar-refractivity contribution in [3.05, 3.63) is 23.8 Å². The van der Waals surface area contributed by atoms with Gasteiger partial charge in [0.25, 0.3) is 0 Å². The summed E-state index contributed by atoms with van der Waals surface area (Å²) in [5, 5.41) is 0. The van der Waals surface area contributed by atoms with E-state index < -0.39 is 10.8 Å². The second-order valence-corrected chi connectivity index (χ2v) is 5.33. The van der Waals surface area contributed by atoms with Crippen molar-refractivity contribution in [3.63, 3.8) is 0 Å². The molecule has 1 heterocycles. The number of benzene rings is 1. The van der Waals surface area contributed by atoms with E-state index in [-0.39, 0.29) is 24.0 Å². The van der Waals surface area contributed by atoms with E-state index in [2.05, 4.69) is 5.92 Å². The Hall–Kier alpha value is -1.93. The molecule has 0 radical (unpaired) electrons. The molecule has 1 aromatic carbocycles. The summed E-state index contributed by atoms with van der Waals surface area (Å²) in [4.78, 5) is 25.0. The Morgan fingerprint density at radius 1 is 1.56 bits per heavy atom. The molecule has 1 amide bonds. The van der Waals surface area contributed by atoms with Gasteiger partial charge in [-0.3, -0.25) is 18.7 Å². The van der Waals surface area contributed by atoms with Gasteiger partial charge >= 0.3 is 0 Å². The zero-order chi connectivity index (χ0) is 13.3. The van der Waals surface area contributed by atoms with Crippen LogP contribution in [0.25, 0.3) is 0 Å². The largest absolute Gasteiger partial charge is 0.299 e. The van der Waals surface area contributed by atoms with Gasteiger partial charge in [-0.1, -0.05) is 5.92 Å². The normalized spacial score (nSPS) is 18.1. The van der Waals surface area contributed by atoms with E-state index >= 15 is 0 Å². The maximum atomic E-state index is 11.9. The van der Waals surface area contributed by atoms with Crippen LogP contribution in [-0.2, 0) is 15.6 Å². The third-order valence-corrected chi connectivity index (χ3v) is 4.03. The summed E-state index contributed by atoms with van der Waals surface area (Å²) in [5.74, 6) is 1.96. The quantitative estimate of drug-likeness (QED) is 0.589. The second kappa shape index (κ2) is 4.75. The van der Waals surface area contributed by atoms with Crippen LogP contribution in [0.15, 0.2) is 23.1 Å². The number of fused-ring (bicyclic) bond motifs is 1. The smallest absolute Gasteiger partial charge is 0.240 e. The zero-order valence-electron chi connectivity index (χ0n) is 9.80. The van der Waals surface area contributed by atoms with E-state index in [1.165, 1.54) is 11.8 Å². The van der Waals surface area contributed by atoms with Gasteiger partial charge in [0.15, 0.2) is 5.78 Å². The highest BCUT2D eigenvalue weighted by molar-refractivity contribution is 7.86. The summed E-state index contributed by atoms with van der Waals surface area (Å²) in [6, 6.07) is 4.81. The fraction of sp³-hybridized carbons (Fsp3) is 0.231. The van der Waals surface area contributed by atoms with Crippen LogP contribution in [0.3, 0.4) is 0 Å². The van der Waals surface area contributed by atoms with E-state index in [4.69, 9.17) is 6.42 Å².